The van der Waals surface area contributed by atoms with Crippen LogP contribution in [0.4, 0.5) is 11.4 Å². The minimum atomic E-state index is -0.534. The maximum Gasteiger partial charge on any atom is 0.292 e. The molecule has 28 heavy (non-hydrogen) atoms. The molecule has 1 N–H and O–H groups in total. The Kier molecular flexibility index (Phi) is 5.95. The number of benzene rings is 2. The van der Waals surface area contributed by atoms with E-state index < -0.39 is 4.92 Å². The summed E-state index contributed by atoms with van der Waals surface area (Å²) in [5.41, 5.74) is 0.801. The smallest absolute Gasteiger partial charge is 0.292 e. The topological polar surface area (TPSA) is 120 Å². The van der Waals surface area contributed by atoms with Gasteiger partial charge in [-0.25, -0.2) is 0 Å². The zero-order chi connectivity index (χ0) is 19.9. The Morgan fingerprint density at radius 1 is 1.25 bits per heavy atom. The normalized spacial score (nSPS) is 10.5. The summed E-state index contributed by atoms with van der Waals surface area (Å²) in [7, 11) is 1.58. The number of carbonyl (C=O) groups is 1. The summed E-state index contributed by atoms with van der Waals surface area (Å²) < 4.78 is 10.4. The van der Waals surface area contributed by atoms with Gasteiger partial charge in [0.1, 0.15) is 11.4 Å². The number of anilines is 1. The highest BCUT2D eigenvalue weighted by molar-refractivity contribution is 5.92. The molecule has 0 saturated heterocycles. The van der Waals surface area contributed by atoms with Crippen molar-refractivity contribution >= 4 is 17.3 Å². The van der Waals surface area contributed by atoms with Crippen molar-refractivity contribution in [3.63, 3.8) is 0 Å². The average molecular weight is 382 g/mol. The number of amides is 1. The van der Waals surface area contributed by atoms with Crippen LogP contribution >= 0.6 is 0 Å². The van der Waals surface area contributed by atoms with E-state index in [1.165, 1.54) is 12.1 Å². The quantitative estimate of drug-likeness (QED) is 0.466. The number of nitrogens with zero attached hydrogens (tertiary/aromatic N) is 3. The lowest BCUT2D eigenvalue weighted by Crippen LogP contribution is -2.12. The van der Waals surface area contributed by atoms with E-state index in [0.717, 1.165) is 5.56 Å². The van der Waals surface area contributed by atoms with Crippen molar-refractivity contribution in [2.24, 2.45) is 0 Å². The van der Waals surface area contributed by atoms with Crippen LogP contribution in [0.2, 0.25) is 0 Å². The average Bonchev–Trinajstić information content (AvgIpc) is 3.17. The summed E-state index contributed by atoms with van der Waals surface area (Å²) >= 11 is 0. The Hall–Kier alpha value is -3.75. The first-order valence-corrected chi connectivity index (χ1v) is 8.57. The molecular weight excluding hydrogens is 364 g/mol. The van der Waals surface area contributed by atoms with Crippen molar-refractivity contribution in [1.82, 2.24) is 10.1 Å². The molecule has 9 heteroatoms. The predicted octanol–water partition coefficient (Wildman–Crippen LogP) is 3.61. The third-order valence-electron chi connectivity index (χ3n) is 3.97. The molecule has 0 saturated carbocycles. The van der Waals surface area contributed by atoms with E-state index in [2.05, 4.69) is 15.5 Å². The summed E-state index contributed by atoms with van der Waals surface area (Å²) in [5.74, 6) is 1.23. The fourth-order valence-electron chi connectivity index (χ4n) is 2.59. The van der Waals surface area contributed by atoms with Crippen LogP contribution in [0.25, 0.3) is 11.4 Å². The van der Waals surface area contributed by atoms with Crippen molar-refractivity contribution in [3.05, 3.63) is 64.5 Å². The minimum Gasteiger partial charge on any atom is -0.497 e. The fourth-order valence-corrected chi connectivity index (χ4v) is 2.59. The second-order valence-electron chi connectivity index (χ2n) is 5.92. The molecule has 0 unspecified atom stereocenters. The molecule has 0 aliphatic heterocycles. The van der Waals surface area contributed by atoms with Crippen LogP contribution < -0.4 is 10.1 Å². The maximum absolute atomic E-state index is 12.1. The molecule has 0 aliphatic carbocycles. The molecule has 2 aromatic carbocycles. The largest absolute Gasteiger partial charge is 0.497 e. The van der Waals surface area contributed by atoms with E-state index in [1.54, 1.807) is 25.3 Å². The minimum absolute atomic E-state index is 0.143. The van der Waals surface area contributed by atoms with Gasteiger partial charge in [-0.1, -0.05) is 29.4 Å². The van der Waals surface area contributed by atoms with Crippen molar-refractivity contribution < 1.29 is 19.0 Å². The fraction of sp³-hybridized carbons (Fsp3) is 0.211. The van der Waals surface area contributed by atoms with Crippen molar-refractivity contribution in [2.45, 2.75) is 19.3 Å². The molecule has 1 heterocycles. The number of nitrogens with one attached hydrogen (secondary N) is 1. The van der Waals surface area contributed by atoms with Crippen LogP contribution in [0.1, 0.15) is 18.7 Å². The van der Waals surface area contributed by atoms with Gasteiger partial charge in [0.15, 0.2) is 0 Å². The van der Waals surface area contributed by atoms with Crippen molar-refractivity contribution in [2.75, 3.05) is 12.4 Å². The predicted molar refractivity (Wildman–Crippen MR) is 101 cm³/mol. The molecule has 0 aliphatic rings. The van der Waals surface area contributed by atoms with Gasteiger partial charge in [-0.2, -0.15) is 4.98 Å². The molecule has 0 atom stereocenters. The number of carbonyl (C=O) groups excluding carboxylic acids is 1. The Bertz CT molecular complexity index is 986. The lowest BCUT2D eigenvalue weighted by atomic mass is 10.2. The number of ether oxygens (including phenoxy) is 1. The number of para-hydroxylation sites is 2. The zero-order valence-corrected chi connectivity index (χ0v) is 15.1. The molecule has 0 bridgehead atoms. The van der Waals surface area contributed by atoms with Gasteiger partial charge < -0.3 is 14.6 Å². The standard InChI is InChI=1S/C19H18N4O5/c1-27-14-7-4-6-13(12-14)19-21-18(28-22-19)11-5-10-17(24)20-15-8-2-3-9-16(15)23(25)26/h2-4,6-9,12H,5,10-11H2,1H3,(H,20,24). The van der Waals surface area contributed by atoms with E-state index >= 15 is 0 Å². The number of nitro benzene ring substituents is 1. The van der Waals surface area contributed by atoms with Crippen LogP contribution in [-0.4, -0.2) is 28.1 Å². The third-order valence-corrected chi connectivity index (χ3v) is 3.97. The Balaban J connectivity index is 1.54. The van der Waals surface area contributed by atoms with Crippen LogP contribution in [0, 0.1) is 10.1 Å². The highest BCUT2D eigenvalue weighted by Crippen LogP contribution is 2.24. The van der Waals surface area contributed by atoms with E-state index in [1.807, 2.05) is 18.2 Å². The lowest BCUT2D eigenvalue weighted by Gasteiger charge is -2.05. The molecule has 0 radical (unpaired) electrons. The molecule has 1 aromatic heterocycles. The van der Waals surface area contributed by atoms with E-state index in [4.69, 9.17) is 9.26 Å². The van der Waals surface area contributed by atoms with Gasteiger partial charge in [0.2, 0.25) is 17.6 Å². The number of hydrogen-bond donors (Lipinski definition) is 1. The van der Waals surface area contributed by atoms with Gasteiger partial charge >= 0.3 is 0 Å². The van der Waals surface area contributed by atoms with Crippen LogP contribution in [0.5, 0.6) is 5.75 Å². The van der Waals surface area contributed by atoms with Gasteiger partial charge in [0.25, 0.3) is 5.69 Å². The number of rotatable bonds is 8. The molecule has 3 aromatic rings. The second kappa shape index (κ2) is 8.76. The van der Waals surface area contributed by atoms with Gasteiger partial charge in [0, 0.05) is 24.5 Å². The van der Waals surface area contributed by atoms with Crippen molar-refractivity contribution in [1.29, 1.82) is 0 Å². The number of nitro groups is 1. The van der Waals surface area contributed by atoms with Crippen LogP contribution in [0.15, 0.2) is 53.1 Å². The third kappa shape index (κ3) is 4.70. The summed E-state index contributed by atoms with van der Waals surface area (Å²) in [4.78, 5) is 26.8. The van der Waals surface area contributed by atoms with Crippen LogP contribution in [-0.2, 0) is 11.2 Å². The zero-order valence-electron chi connectivity index (χ0n) is 15.1. The molecule has 1 amide bonds. The maximum atomic E-state index is 12.1. The summed E-state index contributed by atoms with van der Waals surface area (Å²) in [5, 5.41) is 17.5. The SMILES string of the molecule is COc1cccc(-c2noc(CCCC(=O)Nc3ccccc3[N+](=O)[O-])n2)c1. The highest BCUT2D eigenvalue weighted by atomic mass is 16.6. The first-order chi connectivity index (χ1) is 13.6. The molecule has 0 spiro atoms. The first kappa shape index (κ1) is 19.0. The van der Waals surface area contributed by atoms with E-state index in [9.17, 15) is 14.9 Å². The van der Waals surface area contributed by atoms with Crippen LogP contribution in [0.3, 0.4) is 0 Å². The Morgan fingerprint density at radius 3 is 2.86 bits per heavy atom. The van der Waals surface area contributed by atoms with E-state index in [-0.39, 0.29) is 23.7 Å². The molecule has 9 nitrogen and oxygen atoms in total. The number of methoxy groups -OCH3 is 1. The van der Waals surface area contributed by atoms with Gasteiger partial charge in [-0.05, 0) is 24.6 Å². The monoisotopic (exact) mass is 382 g/mol. The Morgan fingerprint density at radius 2 is 2.07 bits per heavy atom. The van der Waals surface area contributed by atoms with E-state index in [0.29, 0.717) is 30.3 Å². The van der Waals surface area contributed by atoms with Gasteiger partial charge in [0.05, 0.1) is 12.0 Å². The first-order valence-electron chi connectivity index (χ1n) is 8.57. The van der Waals surface area contributed by atoms with Gasteiger partial charge in [-0.15, -0.1) is 0 Å². The summed E-state index contributed by atoms with van der Waals surface area (Å²) in [6.45, 7) is 0. The summed E-state index contributed by atoms with van der Waals surface area (Å²) in [6.07, 6.45) is 1.05. The summed E-state index contributed by atoms with van der Waals surface area (Å²) in [6, 6.07) is 13.3. The molecular formula is C19H18N4O5. The van der Waals surface area contributed by atoms with Gasteiger partial charge in [-0.3, -0.25) is 14.9 Å². The number of hydrogen-bond acceptors (Lipinski definition) is 7. The molecule has 144 valence electrons. The Labute approximate surface area is 160 Å². The van der Waals surface area contributed by atoms with Crippen molar-refractivity contribution in [3.8, 4) is 17.1 Å². The number of aromatic nitrogens is 2. The molecule has 3 rings (SSSR count). The number of aryl methyl sites for hydroxylation is 1. The molecule has 0 fully saturated rings. The second-order valence-corrected chi connectivity index (χ2v) is 5.92. The lowest BCUT2D eigenvalue weighted by molar-refractivity contribution is -0.383. The highest BCUT2D eigenvalue weighted by Gasteiger charge is 2.15.